The molecule has 0 aliphatic rings. The van der Waals surface area contributed by atoms with Gasteiger partial charge < -0.3 is 4.42 Å². The fourth-order valence-electron chi connectivity index (χ4n) is 2.12. The molecule has 1 aromatic carbocycles. The first-order chi connectivity index (χ1) is 8.72. The van der Waals surface area contributed by atoms with Crippen LogP contribution >= 0.6 is 0 Å². The topological polar surface area (TPSA) is 48.0 Å². The Bertz CT molecular complexity index is 812. The minimum absolute atomic E-state index is 0.0700. The second-order valence-electron chi connectivity index (χ2n) is 4.16. The molecule has 3 aromatic rings. The van der Waals surface area contributed by atoms with Crippen LogP contribution < -0.4 is 5.56 Å². The first kappa shape index (κ1) is 10.8. The summed E-state index contributed by atoms with van der Waals surface area (Å²) in [5.41, 5.74) is 1.17. The summed E-state index contributed by atoms with van der Waals surface area (Å²) in [5.74, 6) is 0.575. The lowest BCUT2D eigenvalue weighted by molar-refractivity contribution is 0.522. The Labute approximate surface area is 103 Å². The van der Waals surface area contributed by atoms with Crippen LogP contribution in [0, 0.1) is 0 Å². The Morgan fingerprint density at radius 2 is 2.11 bits per heavy atom. The molecule has 3 rings (SSSR count). The maximum absolute atomic E-state index is 12.2. The van der Waals surface area contributed by atoms with E-state index in [9.17, 15) is 4.79 Å². The predicted molar refractivity (Wildman–Crippen MR) is 70.7 cm³/mol. The standard InChI is InChI=1S/C14H12N2O2/c1-3-6-11-15-12-9-7-4-5-8-10(9)13(17)16(2)14(12)18-11/h3-5,7-8H,1,6H2,2H3. The van der Waals surface area contributed by atoms with Gasteiger partial charge in [0.15, 0.2) is 0 Å². The van der Waals surface area contributed by atoms with Crippen LogP contribution in [-0.2, 0) is 13.5 Å². The molecule has 2 aromatic heterocycles. The second kappa shape index (κ2) is 3.84. The first-order valence-electron chi connectivity index (χ1n) is 5.70. The number of oxazole rings is 1. The number of allylic oxidation sites excluding steroid dienone is 1. The number of hydrogen-bond acceptors (Lipinski definition) is 3. The summed E-state index contributed by atoms with van der Waals surface area (Å²) in [6.07, 6.45) is 2.28. The van der Waals surface area contributed by atoms with Gasteiger partial charge in [-0.05, 0) is 6.07 Å². The quantitative estimate of drug-likeness (QED) is 0.646. The first-order valence-corrected chi connectivity index (χ1v) is 5.70. The van der Waals surface area contributed by atoms with E-state index < -0.39 is 0 Å². The smallest absolute Gasteiger partial charge is 0.261 e. The number of fused-ring (bicyclic) bond motifs is 3. The Balaban J connectivity index is 2.52. The molecule has 4 heteroatoms. The van der Waals surface area contributed by atoms with Crippen LogP contribution in [-0.4, -0.2) is 9.55 Å². The lowest BCUT2D eigenvalue weighted by Crippen LogP contribution is -2.16. The summed E-state index contributed by atoms with van der Waals surface area (Å²) < 4.78 is 7.11. The maximum atomic E-state index is 12.2. The van der Waals surface area contributed by atoms with Crippen molar-refractivity contribution in [1.82, 2.24) is 9.55 Å². The fraction of sp³-hybridized carbons (Fsp3) is 0.143. The van der Waals surface area contributed by atoms with Crippen LogP contribution in [0.25, 0.3) is 22.0 Å². The SMILES string of the molecule is C=CCc1nc2c3ccccc3c(=O)n(C)c2o1. The van der Waals surface area contributed by atoms with Gasteiger partial charge in [0.1, 0.15) is 5.52 Å². The Kier molecular flexibility index (Phi) is 2.30. The molecule has 0 atom stereocenters. The summed E-state index contributed by atoms with van der Waals surface area (Å²) >= 11 is 0. The minimum atomic E-state index is -0.0700. The molecular weight excluding hydrogens is 228 g/mol. The molecule has 0 radical (unpaired) electrons. The van der Waals surface area contributed by atoms with Crippen LogP contribution in [0.2, 0.25) is 0 Å². The van der Waals surface area contributed by atoms with Crippen molar-refractivity contribution in [1.29, 1.82) is 0 Å². The second-order valence-corrected chi connectivity index (χ2v) is 4.16. The molecular formula is C14H12N2O2. The van der Waals surface area contributed by atoms with Crippen LogP contribution in [0.15, 0.2) is 46.1 Å². The van der Waals surface area contributed by atoms with Gasteiger partial charge in [-0.2, -0.15) is 0 Å². The van der Waals surface area contributed by atoms with Crippen LogP contribution in [0.4, 0.5) is 0 Å². The van der Waals surface area contributed by atoms with E-state index in [1.807, 2.05) is 18.2 Å². The maximum Gasteiger partial charge on any atom is 0.261 e. The molecule has 0 aliphatic heterocycles. The van der Waals surface area contributed by atoms with Gasteiger partial charge >= 0.3 is 0 Å². The van der Waals surface area contributed by atoms with Crippen molar-refractivity contribution >= 4 is 22.0 Å². The van der Waals surface area contributed by atoms with Crippen molar-refractivity contribution in [3.8, 4) is 0 Å². The van der Waals surface area contributed by atoms with Gasteiger partial charge in [-0.15, -0.1) is 6.58 Å². The molecule has 4 nitrogen and oxygen atoms in total. The highest BCUT2D eigenvalue weighted by Crippen LogP contribution is 2.22. The van der Waals surface area contributed by atoms with E-state index in [0.29, 0.717) is 23.4 Å². The average Bonchev–Trinajstić information content (AvgIpc) is 2.81. The van der Waals surface area contributed by atoms with Crippen molar-refractivity contribution in [3.05, 3.63) is 53.2 Å². The van der Waals surface area contributed by atoms with Gasteiger partial charge in [0.25, 0.3) is 5.56 Å². The lowest BCUT2D eigenvalue weighted by atomic mass is 10.1. The van der Waals surface area contributed by atoms with Gasteiger partial charge in [-0.3, -0.25) is 9.36 Å². The third-order valence-electron chi connectivity index (χ3n) is 2.99. The molecule has 0 amide bonds. The molecule has 90 valence electrons. The van der Waals surface area contributed by atoms with Crippen molar-refractivity contribution in [2.24, 2.45) is 7.05 Å². The Morgan fingerprint density at radius 3 is 2.83 bits per heavy atom. The normalized spacial score (nSPS) is 11.2. The summed E-state index contributed by atoms with van der Waals surface area (Å²) in [7, 11) is 1.69. The average molecular weight is 240 g/mol. The molecule has 0 aliphatic carbocycles. The van der Waals surface area contributed by atoms with Crippen molar-refractivity contribution in [2.45, 2.75) is 6.42 Å². The van der Waals surface area contributed by atoms with E-state index in [0.717, 1.165) is 10.9 Å². The van der Waals surface area contributed by atoms with Gasteiger partial charge in [0.2, 0.25) is 11.6 Å². The zero-order chi connectivity index (χ0) is 12.7. The minimum Gasteiger partial charge on any atom is -0.424 e. The molecule has 0 unspecified atom stereocenters. The van der Waals surface area contributed by atoms with E-state index >= 15 is 0 Å². The van der Waals surface area contributed by atoms with E-state index in [-0.39, 0.29) is 5.56 Å². The third-order valence-corrected chi connectivity index (χ3v) is 2.99. The largest absolute Gasteiger partial charge is 0.424 e. The number of rotatable bonds is 2. The third kappa shape index (κ3) is 1.39. The fourth-order valence-corrected chi connectivity index (χ4v) is 2.12. The summed E-state index contributed by atoms with van der Waals surface area (Å²) in [6.45, 7) is 3.66. The highest BCUT2D eigenvalue weighted by atomic mass is 16.4. The van der Waals surface area contributed by atoms with Gasteiger partial charge in [-0.1, -0.05) is 24.3 Å². The molecule has 0 spiro atoms. The molecule has 18 heavy (non-hydrogen) atoms. The number of aromatic nitrogens is 2. The summed E-state index contributed by atoms with van der Waals surface area (Å²) in [4.78, 5) is 16.6. The van der Waals surface area contributed by atoms with Crippen LogP contribution in [0.3, 0.4) is 0 Å². The van der Waals surface area contributed by atoms with Gasteiger partial charge in [0, 0.05) is 24.2 Å². The highest BCUT2D eigenvalue weighted by Gasteiger charge is 2.13. The summed E-state index contributed by atoms with van der Waals surface area (Å²) in [5, 5.41) is 1.49. The van der Waals surface area contributed by atoms with Crippen molar-refractivity contribution in [2.75, 3.05) is 0 Å². The van der Waals surface area contributed by atoms with Gasteiger partial charge in [-0.25, -0.2) is 4.98 Å². The molecule has 0 bridgehead atoms. The van der Waals surface area contributed by atoms with Crippen molar-refractivity contribution < 1.29 is 4.42 Å². The molecule has 2 heterocycles. The van der Waals surface area contributed by atoms with Gasteiger partial charge in [0.05, 0.1) is 0 Å². The Hall–Kier alpha value is -2.36. The zero-order valence-corrected chi connectivity index (χ0v) is 10.0. The number of pyridine rings is 1. The van der Waals surface area contributed by atoms with Crippen LogP contribution in [0.5, 0.6) is 0 Å². The van der Waals surface area contributed by atoms with E-state index in [2.05, 4.69) is 11.6 Å². The van der Waals surface area contributed by atoms with E-state index in [1.54, 1.807) is 19.2 Å². The summed E-state index contributed by atoms with van der Waals surface area (Å²) in [6, 6.07) is 7.43. The lowest BCUT2D eigenvalue weighted by Gasteiger charge is -2.01. The molecule has 0 saturated carbocycles. The van der Waals surface area contributed by atoms with E-state index in [4.69, 9.17) is 4.42 Å². The Morgan fingerprint density at radius 1 is 1.39 bits per heavy atom. The predicted octanol–water partition coefficient (Wildman–Crippen LogP) is 2.41. The zero-order valence-electron chi connectivity index (χ0n) is 10.0. The molecule has 0 fully saturated rings. The van der Waals surface area contributed by atoms with E-state index in [1.165, 1.54) is 4.57 Å². The number of benzene rings is 1. The molecule has 0 saturated heterocycles. The monoisotopic (exact) mass is 240 g/mol. The number of aryl methyl sites for hydroxylation is 1. The number of hydrogen-bond donors (Lipinski definition) is 0. The van der Waals surface area contributed by atoms with Crippen molar-refractivity contribution in [3.63, 3.8) is 0 Å². The number of nitrogens with zero attached hydrogens (tertiary/aromatic N) is 2. The van der Waals surface area contributed by atoms with Crippen LogP contribution in [0.1, 0.15) is 5.89 Å². The molecule has 0 N–H and O–H groups in total. The highest BCUT2D eigenvalue weighted by molar-refractivity contribution is 6.01.